The number of amides is 2. The molecule has 0 unspecified atom stereocenters. The SMILES string of the molecule is CC1CCN(c2ccc(S(=O)(=O)N3CCC(C)CC3)cc2NC(=O)Nc2ccccc2)CC1. The number of para-hydroxylation sites is 1. The van der Waals surface area contributed by atoms with Gasteiger partial charge in [0.2, 0.25) is 10.0 Å². The number of anilines is 3. The van der Waals surface area contributed by atoms with Crippen molar-refractivity contribution in [2.24, 2.45) is 11.8 Å². The summed E-state index contributed by atoms with van der Waals surface area (Å²) in [5.74, 6) is 1.21. The number of carbonyl (C=O) groups is 1. The molecule has 33 heavy (non-hydrogen) atoms. The number of hydrogen-bond acceptors (Lipinski definition) is 4. The summed E-state index contributed by atoms with van der Waals surface area (Å²) >= 11 is 0. The van der Waals surface area contributed by atoms with E-state index in [-0.39, 0.29) is 4.90 Å². The van der Waals surface area contributed by atoms with E-state index in [1.807, 2.05) is 36.4 Å². The summed E-state index contributed by atoms with van der Waals surface area (Å²) in [5.41, 5.74) is 2.05. The fourth-order valence-corrected chi connectivity index (χ4v) is 5.98. The maximum absolute atomic E-state index is 13.3. The highest BCUT2D eigenvalue weighted by molar-refractivity contribution is 7.89. The van der Waals surface area contributed by atoms with Gasteiger partial charge in [-0.05, 0) is 67.9 Å². The third kappa shape index (κ3) is 5.68. The van der Waals surface area contributed by atoms with Crippen LogP contribution < -0.4 is 15.5 Å². The first-order chi connectivity index (χ1) is 15.8. The van der Waals surface area contributed by atoms with Gasteiger partial charge in [-0.15, -0.1) is 0 Å². The second kappa shape index (κ2) is 10.1. The third-order valence-electron chi connectivity index (χ3n) is 6.75. The summed E-state index contributed by atoms with van der Waals surface area (Å²) in [6, 6.07) is 13.9. The normalized spacial score (nSPS) is 18.8. The molecule has 0 saturated carbocycles. The van der Waals surface area contributed by atoms with E-state index in [0.717, 1.165) is 44.5 Å². The van der Waals surface area contributed by atoms with E-state index in [1.165, 1.54) is 0 Å². The Labute approximate surface area is 197 Å². The third-order valence-corrected chi connectivity index (χ3v) is 8.65. The number of carbonyl (C=O) groups excluding carboxylic acids is 1. The number of rotatable bonds is 5. The molecule has 0 spiro atoms. The molecule has 8 heteroatoms. The molecule has 178 valence electrons. The molecule has 2 aliphatic heterocycles. The number of piperidine rings is 2. The minimum atomic E-state index is -3.62. The van der Waals surface area contributed by atoms with Gasteiger partial charge in [0.15, 0.2) is 0 Å². The van der Waals surface area contributed by atoms with E-state index in [0.29, 0.717) is 36.3 Å². The molecule has 0 aromatic heterocycles. The average Bonchev–Trinajstić information content (AvgIpc) is 2.80. The first kappa shape index (κ1) is 23.6. The highest BCUT2D eigenvalue weighted by Gasteiger charge is 2.29. The maximum Gasteiger partial charge on any atom is 0.323 e. The van der Waals surface area contributed by atoms with Crippen molar-refractivity contribution in [1.82, 2.24) is 4.31 Å². The molecule has 0 bridgehead atoms. The van der Waals surface area contributed by atoms with Crippen molar-refractivity contribution in [2.45, 2.75) is 44.4 Å². The van der Waals surface area contributed by atoms with E-state index in [4.69, 9.17) is 0 Å². The van der Waals surface area contributed by atoms with Crippen molar-refractivity contribution in [3.8, 4) is 0 Å². The lowest BCUT2D eigenvalue weighted by Gasteiger charge is -2.34. The van der Waals surface area contributed by atoms with Gasteiger partial charge in [-0.2, -0.15) is 4.31 Å². The second-order valence-corrected chi connectivity index (χ2v) is 11.3. The minimum Gasteiger partial charge on any atom is -0.370 e. The second-order valence-electron chi connectivity index (χ2n) is 9.38. The van der Waals surface area contributed by atoms with Crippen molar-refractivity contribution in [1.29, 1.82) is 0 Å². The lowest BCUT2D eigenvalue weighted by molar-refractivity contribution is 0.262. The van der Waals surface area contributed by atoms with Crippen LogP contribution in [0.5, 0.6) is 0 Å². The van der Waals surface area contributed by atoms with Crippen molar-refractivity contribution in [3.63, 3.8) is 0 Å². The molecule has 4 rings (SSSR count). The smallest absolute Gasteiger partial charge is 0.323 e. The van der Waals surface area contributed by atoms with E-state index >= 15 is 0 Å². The first-order valence-electron chi connectivity index (χ1n) is 11.8. The number of sulfonamides is 1. The van der Waals surface area contributed by atoms with Crippen LogP contribution in [0.1, 0.15) is 39.5 Å². The van der Waals surface area contributed by atoms with Gasteiger partial charge in [-0.3, -0.25) is 0 Å². The average molecular weight is 471 g/mol. The Bertz CT molecular complexity index is 1060. The first-order valence-corrected chi connectivity index (χ1v) is 13.3. The Hall–Kier alpha value is -2.58. The molecule has 2 N–H and O–H groups in total. The van der Waals surface area contributed by atoms with Crippen molar-refractivity contribution < 1.29 is 13.2 Å². The molecule has 2 heterocycles. The molecule has 2 amide bonds. The number of hydrogen-bond donors (Lipinski definition) is 2. The Balaban J connectivity index is 1.61. The van der Waals surface area contributed by atoms with Crippen molar-refractivity contribution in [3.05, 3.63) is 48.5 Å². The summed E-state index contributed by atoms with van der Waals surface area (Å²) in [6.07, 6.45) is 3.88. The quantitative estimate of drug-likeness (QED) is 0.645. The largest absolute Gasteiger partial charge is 0.370 e. The highest BCUT2D eigenvalue weighted by atomic mass is 32.2. The van der Waals surface area contributed by atoms with Crippen LogP contribution in [0.25, 0.3) is 0 Å². The van der Waals surface area contributed by atoms with Crippen LogP contribution >= 0.6 is 0 Å². The molecular formula is C25H34N4O3S. The van der Waals surface area contributed by atoms with Crippen LogP contribution in [0, 0.1) is 11.8 Å². The Morgan fingerprint density at radius 3 is 2.09 bits per heavy atom. The molecule has 7 nitrogen and oxygen atoms in total. The Kier molecular flexibility index (Phi) is 7.24. The lowest BCUT2D eigenvalue weighted by Crippen LogP contribution is -2.38. The molecule has 2 saturated heterocycles. The zero-order valence-corrected chi connectivity index (χ0v) is 20.3. The summed E-state index contributed by atoms with van der Waals surface area (Å²) in [7, 11) is -3.62. The van der Waals surface area contributed by atoms with Crippen LogP contribution in [-0.4, -0.2) is 44.9 Å². The van der Waals surface area contributed by atoms with Gasteiger partial charge in [0.25, 0.3) is 0 Å². The van der Waals surface area contributed by atoms with Crippen molar-refractivity contribution in [2.75, 3.05) is 41.7 Å². The van der Waals surface area contributed by atoms with E-state index < -0.39 is 16.1 Å². The summed E-state index contributed by atoms with van der Waals surface area (Å²) < 4.78 is 28.2. The molecule has 2 aliphatic rings. The summed E-state index contributed by atoms with van der Waals surface area (Å²) in [5, 5.41) is 5.74. The van der Waals surface area contributed by atoms with Gasteiger partial charge in [0.05, 0.1) is 16.3 Å². The van der Waals surface area contributed by atoms with Crippen molar-refractivity contribution >= 4 is 33.1 Å². The molecule has 0 radical (unpaired) electrons. The number of nitrogens with one attached hydrogen (secondary N) is 2. The minimum absolute atomic E-state index is 0.223. The molecular weight excluding hydrogens is 436 g/mol. The van der Waals surface area contributed by atoms with Gasteiger partial charge in [0.1, 0.15) is 0 Å². The zero-order valence-electron chi connectivity index (χ0n) is 19.5. The Morgan fingerprint density at radius 1 is 0.848 bits per heavy atom. The summed E-state index contributed by atoms with van der Waals surface area (Å²) in [6.45, 7) is 7.24. The van der Waals surface area contributed by atoms with Gasteiger partial charge >= 0.3 is 6.03 Å². The fraction of sp³-hybridized carbons (Fsp3) is 0.480. The summed E-state index contributed by atoms with van der Waals surface area (Å²) in [4.78, 5) is 15.2. The number of benzene rings is 2. The molecule has 0 aliphatic carbocycles. The number of urea groups is 1. The van der Waals surface area contributed by atoms with Gasteiger partial charge in [-0.1, -0.05) is 32.0 Å². The van der Waals surface area contributed by atoms with Crippen LogP contribution in [0.2, 0.25) is 0 Å². The molecule has 0 atom stereocenters. The Morgan fingerprint density at radius 2 is 1.45 bits per heavy atom. The standard InChI is InChI=1S/C25H34N4O3S/c1-19-10-14-28(15-11-19)24-9-8-22(33(31,32)29-16-12-20(2)13-17-29)18-23(24)27-25(30)26-21-6-4-3-5-7-21/h3-9,18-20H,10-17H2,1-2H3,(H2,26,27,30). The molecule has 2 aromatic carbocycles. The topological polar surface area (TPSA) is 81.8 Å². The van der Waals surface area contributed by atoms with E-state index in [1.54, 1.807) is 16.4 Å². The van der Waals surface area contributed by atoms with Crippen LogP contribution in [0.4, 0.5) is 21.9 Å². The lowest BCUT2D eigenvalue weighted by atomic mass is 9.98. The zero-order chi connectivity index (χ0) is 23.4. The predicted molar refractivity (Wildman–Crippen MR) is 133 cm³/mol. The molecule has 2 aromatic rings. The van der Waals surface area contributed by atoms with Gasteiger partial charge < -0.3 is 15.5 Å². The number of nitrogens with zero attached hydrogens (tertiary/aromatic N) is 2. The van der Waals surface area contributed by atoms with E-state index in [9.17, 15) is 13.2 Å². The predicted octanol–water partition coefficient (Wildman–Crippen LogP) is 4.99. The maximum atomic E-state index is 13.3. The van der Waals surface area contributed by atoms with Crippen LogP contribution in [-0.2, 0) is 10.0 Å². The van der Waals surface area contributed by atoms with Gasteiger partial charge in [0, 0.05) is 31.9 Å². The van der Waals surface area contributed by atoms with Crippen LogP contribution in [0.3, 0.4) is 0 Å². The molecule has 2 fully saturated rings. The van der Waals surface area contributed by atoms with Gasteiger partial charge in [-0.25, -0.2) is 13.2 Å². The van der Waals surface area contributed by atoms with E-state index in [2.05, 4.69) is 29.4 Å². The van der Waals surface area contributed by atoms with Crippen LogP contribution in [0.15, 0.2) is 53.4 Å². The fourth-order valence-electron chi connectivity index (χ4n) is 4.48. The monoisotopic (exact) mass is 470 g/mol. The highest BCUT2D eigenvalue weighted by Crippen LogP contribution is 2.34.